The van der Waals surface area contributed by atoms with E-state index < -0.39 is 0 Å². The van der Waals surface area contributed by atoms with E-state index in [9.17, 15) is 0 Å². The molecule has 11 heavy (non-hydrogen) atoms. The molecule has 0 aliphatic rings. The van der Waals surface area contributed by atoms with Crippen molar-refractivity contribution in [3.63, 3.8) is 0 Å². The van der Waals surface area contributed by atoms with Crippen LogP contribution in [0.4, 0.5) is 0 Å². The Hall–Kier alpha value is -0.370. The topological polar surface area (TPSA) is 26.0 Å². The van der Waals surface area contributed by atoms with Crippen LogP contribution in [0.5, 0.6) is 0 Å². The number of allylic oxidation sites excluding steroid dienone is 2. The molecular formula is C9H19NS. The molecule has 0 fully saturated rings. The van der Waals surface area contributed by atoms with Crippen LogP contribution in [0, 0.1) is 0 Å². The van der Waals surface area contributed by atoms with Crippen LogP contribution in [-0.4, -0.2) is 6.26 Å². The third kappa shape index (κ3) is 6.05. The van der Waals surface area contributed by atoms with Gasteiger partial charge in [-0.05, 0) is 31.9 Å². The van der Waals surface area contributed by atoms with Crippen molar-refractivity contribution in [1.29, 1.82) is 0 Å². The molecule has 66 valence electrons. The minimum Gasteiger partial charge on any atom is -0.404 e. The maximum Gasteiger partial charge on any atom is 0.00699 e. The second-order valence-corrected chi connectivity index (χ2v) is 2.55. The summed E-state index contributed by atoms with van der Waals surface area (Å²) in [6.45, 7) is 8.02. The van der Waals surface area contributed by atoms with Crippen molar-refractivity contribution in [1.82, 2.24) is 0 Å². The third-order valence-electron chi connectivity index (χ3n) is 1.12. The Kier molecular flexibility index (Phi) is 11.6. The summed E-state index contributed by atoms with van der Waals surface area (Å²) in [6.07, 6.45) is 5.73. The SMILES string of the molecule is C/C=C(SC)\C(C)=C/N.CC. The van der Waals surface area contributed by atoms with Crippen LogP contribution in [0.1, 0.15) is 27.7 Å². The van der Waals surface area contributed by atoms with Crippen molar-refractivity contribution in [2.24, 2.45) is 5.73 Å². The molecule has 0 aromatic rings. The molecule has 0 aliphatic heterocycles. The van der Waals surface area contributed by atoms with E-state index in [1.807, 2.05) is 34.0 Å². The highest BCUT2D eigenvalue weighted by Gasteiger charge is 1.92. The van der Waals surface area contributed by atoms with Crippen LogP contribution in [-0.2, 0) is 0 Å². The molecule has 0 spiro atoms. The van der Waals surface area contributed by atoms with E-state index in [-0.39, 0.29) is 0 Å². The fourth-order valence-electron chi connectivity index (χ4n) is 0.589. The summed E-state index contributed by atoms with van der Waals surface area (Å²) in [6, 6.07) is 0. The van der Waals surface area contributed by atoms with Crippen LogP contribution in [0.25, 0.3) is 0 Å². The fraction of sp³-hybridized carbons (Fsp3) is 0.556. The number of hydrogen-bond donors (Lipinski definition) is 1. The zero-order valence-electron chi connectivity index (χ0n) is 8.14. The average Bonchev–Trinajstić information content (AvgIpc) is 2.10. The summed E-state index contributed by atoms with van der Waals surface area (Å²) < 4.78 is 0. The zero-order chi connectivity index (χ0) is 9.28. The molecule has 0 aliphatic carbocycles. The van der Waals surface area contributed by atoms with E-state index in [0.29, 0.717) is 0 Å². The molecule has 0 bridgehead atoms. The second-order valence-electron chi connectivity index (χ2n) is 1.71. The van der Waals surface area contributed by atoms with Gasteiger partial charge in [0.25, 0.3) is 0 Å². The molecule has 0 aromatic heterocycles. The van der Waals surface area contributed by atoms with Gasteiger partial charge in [-0.2, -0.15) is 0 Å². The predicted octanol–water partition coefficient (Wildman–Crippen LogP) is 3.14. The first-order chi connectivity index (χ1) is 5.26. The third-order valence-corrected chi connectivity index (χ3v) is 2.12. The van der Waals surface area contributed by atoms with Gasteiger partial charge in [-0.3, -0.25) is 0 Å². The minimum atomic E-state index is 1.14. The molecule has 1 nitrogen and oxygen atoms in total. The van der Waals surface area contributed by atoms with E-state index in [1.54, 1.807) is 18.0 Å². The number of thioether (sulfide) groups is 1. The van der Waals surface area contributed by atoms with Gasteiger partial charge in [-0.15, -0.1) is 11.8 Å². The van der Waals surface area contributed by atoms with Crippen LogP contribution in [0.15, 0.2) is 22.8 Å². The second kappa shape index (κ2) is 9.63. The highest BCUT2D eigenvalue weighted by molar-refractivity contribution is 8.02. The van der Waals surface area contributed by atoms with Crippen LogP contribution < -0.4 is 5.73 Å². The van der Waals surface area contributed by atoms with Gasteiger partial charge < -0.3 is 5.73 Å². The lowest BCUT2D eigenvalue weighted by molar-refractivity contribution is 1.41. The van der Waals surface area contributed by atoms with Gasteiger partial charge in [0.15, 0.2) is 0 Å². The van der Waals surface area contributed by atoms with Crippen LogP contribution in [0.3, 0.4) is 0 Å². The lowest BCUT2D eigenvalue weighted by Gasteiger charge is -1.99. The van der Waals surface area contributed by atoms with Gasteiger partial charge in [0.2, 0.25) is 0 Å². The standard InChI is InChI=1S/C7H13NS.C2H6/c1-4-7(9-3)6(2)5-8;1-2/h4-5H,8H2,1-3H3;1-2H3/b6-5-,7-4+;. The normalized spacial score (nSPS) is 12.1. The van der Waals surface area contributed by atoms with Gasteiger partial charge in [-0.1, -0.05) is 19.9 Å². The van der Waals surface area contributed by atoms with Crippen molar-refractivity contribution < 1.29 is 0 Å². The Labute approximate surface area is 74.7 Å². The first kappa shape index (κ1) is 13.2. The molecule has 0 amide bonds. The molecule has 0 heterocycles. The Morgan fingerprint density at radius 3 is 1.91 bits per heavy atom. The van der Waals surface area contributed by atoms with Crippen molar-refractivity contribution >= 4 is 11.8 Å². The van der Waals surface area contributed by atoms with Crippen molar-refractivity contribution in [2.45, 2.75) is 27.7 Å². The van der Waals surface area contributed by atoms with Gasteiger partial charge in [0, 0.05) is 4.91 Å². The van der Waals surface area contributed by atoms with Crippen molar-refractivity contribution in [3.05, 3.63) is 22.8 Å². The van der Waals surface area contributed by atoms with Crippen LogP contribution in [0.2, 0.25) is 0 Å². The lowest BCUT2D eigenvalue weighted by atomic mass is 10.3. The molecule has 0 aromatic carbocycles. The predicted molar refractivity (Wildman–Crippen MR) is 56.6 cm³/mol. The average molecular weight is 173 g/mol. The summed E-state index contributed by atoms with van der Waals surface area (Å²) in [5.74, 6) is 0. The van der Waals surface area contributed by atoms with Crippen molar-refractivity contribution in [3.8, 4) is 0 Å². The molecular weight excluding hydrogens is 154 g/mol. The number of rotatable bonds is 2. The highest BCUT2D eigenvalue weighted by Crippen LogP contribution is 2.19. The van der Waals surface area contributed by atoms with Crippen LogP contribution >= 0.6 is 11.8 Å². The first-order valence-electron chi connectivity index (χ1n) is 3.85. The quantitative estimate of drug-likeness (QED) is 0.649. The summed E-state index contributed by atoms with van der Waals surface area (Å²) in [5, 5.41) is 0. The fourth-order valence-corrected chi connectivity index (χ4v) is 1.21. The zero-order valence-corrected chi connectivity index (χ0v) is 8.96. The molecule has 2 heteroatoms. The monoisotopic (exact) mass is 173 g/mol. The van der Waals surface area contributed by atoms with Gasteiger partial charge in [-0.25, -0.2) is 0 Å². The van der Waals surface area contributed by atoms with E-state index in [4.69, 9.17) is 5.73 Å². The molecule has 0 saturated carbocycles. The Morgan fingerprint density at radius 2 is 1.82 bits per heavy atom. The molecule has 2 N–H and O–H groups in total. The summed E-state index contributed by atoms with van der Waals surface area (Å²) in [7, 11) is 0. The Balaban J connectivity index is 0. The first-order valence-corrected chi connectivity index (χ1v) is 5.08. The summed E-state index contributed by atoms with van der Waals surface area (Å²) in [5.41, 5.74) is 6.45. The lowest BCUT2D eigenvalue weighted by Crippen LogP contribution is -1.85. The smallest absolute Gasteiger partial charge is 0.00699 e. The summed E-state index contributed by atoms with van der Waals surface area (Å²) in [4.78, 5) is 1.25. The Morgan fingerprint density at radius 1 is 1.36 bits per heavy atom. The minimum absolute atomic E-state index is 1.14. The molecule has 0 atom stereocenters. The maximum atomic E-state index is 5.31. The highest BCUT2D eigenvalue weighted by atomic mass is 32.2. The van der Waals surface area contributed by atoms with E-state index in [2.05, 4.69) is 6.08 Å². The molecule has 0 radical (unpaired) electrons. The van der Waals surface area contributed by atoms with Gasteiger partial charge in [0.05, 0.1) is 0 Å². The van der Waals surface area contributed by atoms with Gasteiger partial charge in [0.1, 0.15) is 0 Å². The molecule has 0 unspecified atom stereocenters. The number of nitrogens with two attached hydrogens (primary N) is 1. The van der Waals surface area contributed by atoms with E-state index in [1.165, 1.54) is 4.91 Å². The maximum absolute atomic E-state index is 5.31. The number of hydrogen-bond acceptors (Lipinski definition) is 2. The molecule has 0 rings (SSSR count). The van der Waals surface area contributed by atoms with Crippen molar-refractivity contribution in [2.75, 3.05) is 6.26 Å². The van der Waals surface area contributed by atoms with E-state index >= 15 is 0 Å². The molecule has 0 saturated heterocycles. The summed E-state index contributed by atoms with van der Waals surface area (Å²) >= 11 is 1.72. The Bertz CT molecular complexity index is 136. The van der Waals surface area contributed by atoms with Gasteiger partial charge >= 0.3 is 0 Å². The largest absolute Gasteiger partial charge is 0.404 e. The van der Waals surface area contributed by atoms with E-state index in [0.717, 1.165) is 5.57 Å².